The Labute approximate surface area is 237 Å². The Morgan fingerprint density at radius 3 is 2.24 bits per heavy atom. The molecule has 1 fully saturated rings. The fourth-order valence-corrected chi connectivity index (χ4v) is 5.72. The molecule has 1 aliphatic rings. The van der Waals surface area contributed by atoms with E-state index in [2.05, 4.69) is 25.0 Å². The molecule has 0 bridgehead atoms. The average Bonchev–Trinajstić information content (AvgIpc) is 3.63. The normalized spacial score (nSPS) is 16.7. The highest BCUT2D eigenvalue weighted by Gasteiger charge is 2.42. The number of hydrogen-bond donors (Lipinski definition) is 1. The molecule has 0 spiro atoms. The van der Waals surface area contributed by atoms with Crippen molar-refractivity contribution >= 4 is 5.69 Å². The number of aliphatic hydroxyl groups is 1. The topological polar surface area (TPSA) is 97.2 Å². The summed E-state index contributed by atoms with van der Waals surface area (Å²) < 4.78 is 33.2. The van der Waals surface area contributed by atoms with Gasteiger partial charge in [0.1, 0.15) is 36.2 Å². The Bertz CT molecular complexity index is 1490. The third-order valence-corrected chi connectivity index (χ3v) is 8.30. The molecule has 2 aromatic heterocycles. The van der Waals surface area contributed by atoms with Crippen LogP contribution < -0.4 is 10.6 Å². The summed E-state index contributed by atoms with van der Waals surface area (Å²) in [6, 6.07) is 10.6. The van der Waals surface area contributed by atoms with E-state index in [0.717, 1.165) is 36.3 Å². The van der Waals surface area contributed by atoms with Crippen LogP contribution in [0, 0.1) is 11.6 Å². The maximum Gasteiger partial charge on any atom is 0.350 e. The molecule has 1 aliphatic heterocycles. The van der Waals surface area contributed by atoms with E-state index in [-0.39, 0.29) is 23.8 Å². The van der Waals surface area contributed by atoms with Crippen molar-refractivity contribution in [3.8, 4) is 5.69 Å². The average molecular weight is 567 g/mol. The van der Waals surface area contributed by atoms with Gasteiger partial charge in [-0.2, -0.15) is 10.2 Å². The number of piperazine rings is 1. The number of hydrogen-bond acceptors (Lipinski definition) is 7. The zero-order chi connectivity index (χ0) is 29.1. The van der Waals surface area contributed by atoms with E-state index in [1.165, 1.54) is 23.4 Å². The minimum Gasteiger partial charge on any atom is -0.381 e. The monoisotopic (exact) mass is 566 g/mol. The number of aromatic nitrogens is 6. The van der Waals surface area contributed by atoms with Gasteiger partial charge in [-0.25, -0.2) is 32.5 Å². The molecule has 0 amide bonds. The molecule has 0 radical (unpaired) electrons. The zero-order valence-electron chi connectivity index (χ0n) is 23.6. The third-order valence-electron chi connectivity index (χ3n) is 8.30. The molecule has 1 saturated heterocycles. The molecule has 12 heteroatoms. The minimum atomic E-state index is -1.68. The number of halogens is 2. The lowest BCUT2D eigenvalue weighted by molar-refractivity contribution is -0.0650. The highest BCUT2D eigenvalue weighted by atomic mass is 19.1. The number of rotatable bonds is 10. The quantitative estimate of drug-likeness (QED) is 0.314. The molecule has 218 valence electrons. The smallest absolute Gasteiger partial charge is 0.350 e. The van der Waals surface area contributed by atoms with E-state index in [1.54, 1.807) is 15.6 Å². The Hall–Kier alpha value is -3.90. The van der Waals surface area contributed by atoms with Gasteiger partial charge in [0.05, 0.1) is 18.3 Å². The van der Waals surface area contributed by atoms with E-state index in [4.69, 9.17) is 0 Å². The van der Waals surface area contributed by atoms with E-state index in [0.29, 0.717) is 26.2 Å². The van der Waals surface area contributed by atoms with Crippen molar-refractivity contribution in [1.82, 2.24) is 34.0 Å². The van der Waals surface area contributed by atoms with Crippen LogP contribution in [0.5, 0.6) is 0 Å². The molecule has 10 nitrogen and oxygen atoms in total. The largest absolute Gasteiger partial charge is 0.381 e. The molecule has 0 saturated carbocycles. The van der Waals surface area contributed by atoms with Crippen LogP contribution in [-0.4, -0.2) is 71.3 Å². The molecular weight excluding hydrogens is 530 g/mol. The van der Waals surface area contributed by atoms with Crippen LogP contribution in [0.3, 0.4) is 0 Å². The summed E-state index contributed by atoms with van der Waals surface area (Å²) in [5.41, 5.74) is -0.0407. The van der Waals surface area contributed by atoms with Crippen LogP contribution >= 0.6 is 0 Å². The molecular formula is C29H36F2N8O2. The predicted molar refractivity (Wildman–Crippen MR) is 151 cm³/mol. The van der Waals surface area contributed by atoms with E-state index in [9.17, 15) is 18.7 Å². The molecule has 4 aromatic rings. The van der Waals surface area contributed by atoms with Crippen LogP contribution in [0.15, 0.2) is 66.2 Å². The molecule has 0 aliphatic carbocycles. The fraction of sp³-hybridized carbons (Fsp3) is 0.448. The van der Waals surface area contributed by atoms with Crippen LogP contribution in [0.1, 0.15) is 45.2 Å². The van der Waals surface area contributed by atoms with Gasteiger partial charge in [0.25, 0.3) is 0 Å². The zero-order valence-corrected chi connectivity index (χ0v) is 23.6. The lowest BCUT2D eigenvalue weighted by Crippen LogP contribution is -2.57. The van der Waals surface area contributed by atoms with Crippen molar-refractivity contribution in [2.45, 2.75) is 57.8 Å². The fourth-order valence-electron chi connectivity index (χ4n) is 5.72. The van der Waals surface area contributed by atoms with Gasteiger partial charge in [0.2, 0.25) is 0 Å². The van der Waals surface area contributed by atoms with E-state index >= 15 is 0 Å². The number of nitrogens with zero attached hydrogens (tertiary/aromatic N) is 8. The van der Waals surface area contributed by atoms with Gasteiger partial charge >= 0.3 is 5.69 Å². The van der Waals surface area contributed by atoms with E-state index in [1.807, 2.05) is 45.0 Å². The van der Waals surface area contributed by atoms with Gasteiger partial charge in [0.15, 0.2) is 0 Å². The van der Waals surface area contributed by atoms with Crippen LogP contribution in [-0.2, 0) is 12.1 Å². The first kappa shape index (κ1) is 28.6. The predicted octanol–water partition coefficient (Wildman–Crippen LogP) is 3.36. The van der Waals surface area contributed by atoms with Gasteiger partial charge in [0, 0.05) is 49.5 Å². The molecule has 3 heterocycles. The van der Waals surface area contributed by atoms with Gasteiger partial charge in [-0.15, -0.1) is 0 Å². The second kappa shape index (κ2) is 11.9. The summed E-state index contributed by atoms with van der Waals surface area (Å²) in [5.74, 6) is -1.51. The molecule has 2 aromatic carbocycles. The molecule has 2 atom stereocenters. The summed E-state index contributed by atoms with van der Waals surface area (Å²) in [5, 5.41) is 20.3. The summed E-state index contributed by atoms with van der Waals surface area (Å²) in [4.78, 5) is 21.2. The SMILES string of the molecule is CCC(CC)n1ncn(-c2ccc(N3CCN([C@H](C)[C@](O)(Cn4cncn4)c4ccc(F)cc4F)CC3)cc2)c1=O. The van der Waals surface area contributed by atoms with Crippen molar-refractivity contribution in [2.75, 3.05) is 31.1 Å². The van der Waals surface area contributed by atoms with Gasteiger partial charge in [-0.3, -0.25) is 4.90 Å². The van der Waals surface area contributed by atoms with Crippen molar-refractivity contribution < 1.29 is 13.9 Å². The second-order valence-electron chi connectivity index (χ2n) is 10.6. The summed E-state index contributed by atoms with van der Waals surface area (Å²) in [7, 11) is 0. The lowest BCUT2D eigenvalue weighted by Gasteiger charge is -2.45. The Kier molecular flexibility index (Phi) is 8.32. The third kappa shape index (κ3) is 5.66. The first-order valence-corrected chi connectivity index (χ1v) is 14.0. The highest BCUT2D eigenvalue weighted by Crippen LogP contribution is 2.33. The first-order chi connectivity index (χ1) is 19.7. The summed E-state index contributed by atoms with van der Waals surface area (Å²) in [6.45, 7) is 8.51. The summed E-state index contributed by atoms with van der Waals surface area (Å²) in [6.07, 6.45) is 6.07. The van der Waals surface area contributed by atoms with Crippen molar-refractivity contribution in [1.29, 1.82) is 0 Å². The highest BCUT2D eigenvalue weighted by molar-refractivity contribution is 5.51. The van der Waals surface area contributed by atoms with Crippen LogP contribution in [0.25, 0.3) is 5.69 Å². The maximum atomic E-state index is 14.9. The van der Waals surface area contributed by atoms with Crippen molar-refractivity contribution in [2.24, 2.45) is 0 Å². The minimum absolute atomic E-state index is 0.0164. The lowest BCUT2D eigenvalue weighted by atomic mass is 9.85. The molecule has 1 N–H and O–H groups in total. The standard InChI is InChI=1S/C29H36F2N8O2/c1-4-23(5-2)39-28(40)38(20-34-39)25-9-7-24(8-10-25)36-14-12-35(13-15-36)21(3)29(41,17-37-19-32-18-33-37)26-11-6-22(30)16-27(26)31/h6-11,16,18-21,23,41H,4-5,12-15,17H2,1-3H3/t21-,29-/m1/s1. The van der Waals surface area contributed by atoms with Gasteiger partial charge in [-0.05, 0) is 50.1 Å². The molecule has 41 heavy (non-hydrogen) atoms. The molecule has 0 unspecified atom stereocenters. The van der Waals surface area contributed by atoms with Gasteiger partial charge in [-0.1, -0.05) is 19.9 Å². The first-order valence-electron chi connectivity index (χ1n) is 14.0. The van der Waals surface area contributed by atoms with Crippen molar-refractivity contribution in [3.63, 3.8) is 0 Å². The maximum absolute atomic E-state index is 14.9. The summed E-state index contributed by atoms with van der Waals surface area (Å²) >= 11 is 0. The van der Waals surface area contributed by atoms with Gasteiger partial charge < -0.3 is 10.0 Å². The molecule has 5 rings (SSSR count). The van der Waals surface area contributed by atoms with Crippen LogP contribution in [0.2, 0.25) is 0 Å². The van der Waals surface area contributed by atoms with Crippen molar-refractivity contribution in [3.05, 3.63) is 89.1 Å². The Morgan fingerprint density at radius 1 is 0.951 bits per heavy atom. The Morgan fingerprint density at radius 2 is 1.63 bits per heavy atom. The second-order valence-corrected chi connectivity index (χ2v) is 10.6. The number of benzene rings is 2. The van der Waals surface area contributed by atoms with Crippen LogP contribution in [0.4, 0.5) is 14.5 Å². The van der Waals surface area contributed by atoms with E-state index < -0.39 is 23.3 Å². The Balaban J connectivity index is 1.29. The number of anilines is 1.